The van der Waals surface area contributed by atoms with Crippen LogP contribution in [-0.4, -0.2) is 21.4 Å². The molecule has 2 heterocycles. The van der Waals surface area contributed by atoms with Crippen LogP contribution in [0.1, 0.15) is 24.7 Å². The van der Waals surface area contributed by atoms with Gasteiger partial charge in [0.15, 0.2) is 0 Å². The van der Waals surface area contributed by atoms with Crippen LogP contribution in [0.25, 0.3) is 11.0 Å². The second-order valence-electron chi connectivity index (χ2n) is 5.02. The highest BCUT2D eigenvalue weighted by atomic mass is 19.4. The van der Waals surface area contributed by atoms with Crippen LogP contribution in [0.5, 0.6) is 0 Å². The Morgan fingerprint density at radius 3 is 2.68 bits per heavy atom. The van der Waals surface area contributed by atoms with Gasteiger partial charge in [0.05, 0.1) is 11.0 Å². The number of nitrogens with zero attached hydrogens (tertiary/aromatic N) is 2. The van der Waals surface area contributed by atoms with Crippen LogP contribution in [0.4, 0.5) is 18.9 Å². The fourth-order valence-electron chi connectivity index (χ4n) is 2.55. The molecule has 1 saturated heterocycles. The maximum absolute atomic E-state index is 13.2. The Morgan fingerprint density at radius 1 is 1.32 bits per heavy atom. The average molecular weight is 312 g/mol. The summed E-state index contributed by atoms with van der Waals surface area (Å²) in [5.41, 5.74) is 6.08. The molecule has 0 radical (unpaired) electrons. The Morgan fingerprint density at radius 2 is 2.05 bits per heavy atom. The molecule has 2 aromatic rings. The number of carbonyl (C=O) groups is 2. The van der Waals surface area contributed by atoms with Crippen molar-refractivity contribution < 1.29 is 22.8 Å². The lowest BCUT2D eigenvalue weighted by Gasteiger charge is -2.24. The van der Waals surface area contributed by atoms with E-state index in [1.807, 2.05) is 0 Å². The monoisotopic (exact) mass is 312 g/mol. The number of imidazole rings is 1. The summed E-state index contributed by atoms with van der Waals surface area (Å²) >= 11 is 0. The molecule has 0 aliphatic carbocycles. The number of nitrogens with two attached hydrogens (primary N) is 1. The van der Waals surface area contributed by atoms with Gasteiger partial charge < -0.3 is 10.3 Å². The summed E-state index contributed by atoms with van der Waals surface area (Å²) < 4.78 is 40.5. The Kier molecular flexibility index (Phi) is 3.08. The molecule has 1 aromatic carbocycles. The number of aromatic nitrogens is 2. The van der Waals surface area contributed by atoms with E-state index in [9.17, 15) is 22.8 Å². The van der Waals surface area contributed by atoms with Gasteiger partial charge in [-0.3, -0.25) is 14.9 Å². The number of hydrogen-bond donors (Lipinski definition) is 2. The Balaban J connectivity index is 2.23. The van der Waals surface area contributed by atoms with Gasteiger partial charge in [0.2, 0.25) is 17.6 Å². The van der Waals surface area contributed by atoms with Crippen LogP contribution in [0.15, 0.2) is 18.2 Å². The first-order valence-corrected chi connectivity index (χ1v) is 6.46. The number of alkyl halides is 3. The molecule has 1 fully saturated rings. The smallest absolute Gasteiger partial charge is 0.399 e. The van der Waals surface area contributed by atoms with Crippen LogP contribution in [0, 0.1) is 0 Å². The average Bonchev–Trinajstić information content (AvgIpc) is 2.77. The molecule has 22 heavy (non-hydrogen) atoms. The normalized spacial score (nSPS) is 19.5. The van der Waals surface area contributed by atoms with E-state index in [1.165, 1.54) is 18.2 Å². The zero-order chi connectivity index (χ0) is 16.1. The Labute approximate surface area is 122 Å². The van der Waals surface area contributed by atoms with E-state index in [-0.39, 0.29) is 29.6 Å². The third-order valence-corrected chi connectivity index (χ3v) is 3.49. The van der Waals surface area contributed by atoms with Crippen LogP contribution in [0.2, 0.25) is 0 Å². The first-order valence-electron chi connectivity index (χ1n) is 6.46. The number of imide groups is 1. The number of halogens is 3. The van der Waals surface area contributed by atoms with E-state index in [0.717, 1.165) is 4.57 Å². The van der Waals surface area contributed by atoms with E-state index >= 15 is 0 Å². The molecule has 1 aliphatic rings. The second-order valence-corrected chi connectivity index (χ2v) is 5.02. The maximum atomic E-state index is 13.2. The minimum Gasteiger partial charge on any atom is -0.399 e. The van der Waals surface area contributed by atoms with Gasteiger partial charge in [-0.15, -0.1) is 0 Å². The topological polar surface area (TPSA) is 90.0 Å². The van der Waals surface area contributed by atoms with Gasteiger partial charge >= 0.3 is 6.18 Å². The molecule has 2 amide bonds. The molecule has 116 valence electrons. The lowest BCUT2D eigenvalue weighted by molar-refractivity contribution is -0.149. The number of rotatable bonds is 1. The van der Waals surface area contributed by atoms with E-state index in [2.05, 4.69) is 10.3 Å². The van der Waals surface area contributed by atoms with Gasteiger partial charge in [-0.05, 0) is 24.6 Å². The molecule has 9 heteroatoms. The van der Waals surface area contributed by atoms with Crippen molar-refractivity contribution in [3.63, 3.8) is 0 Å². The number of piperidine rings is 1. The third kappa shape index (κ3) is 2.28. The predicted octanol–water partition coefficient (Wildman–Crippen LogP) is 1.61. The number of hydrogen-bond acceptors (Lipinski definition) is 4. The lowest BCUT2D eigenvalue weighted by atomic mass is 10.1. The number of nitrogen functional groups attached to an aromatic ring is 1. The number of carbonyl (C=O) groups excluding carboxylic acids is 2. The summed E-state index contributed by atoms with van der Waals surface area (Å²) in [6.45, 7) is 0. The minimum atomic E-state index is -4.73. The van der Waals surface area contributed by atoms with Crippen LogP contribution in [0.3, 0.4) is 0 Å². The molecule has 0 spiro atoms. The molecule has 3 N–H and O–H groups in total. The van der Waals surface area contributed by atoms with E-state index in [0.29, 0.717) is 0 Å². The summed E-state index contributed by atoms with van der Waals surface area (Å²) in [4.78, 5) is 26.7. The van der Waals surface area contributed by atoms with Gasteiger partial charge in [-0.1, -0.05) is 0 Å². The van der Waals surface area contributed by atoms with Crippen molar-refractivity contribution in [2.45, 2.75) is 25.1 Å². The molecular formula is C13H11F3N4O2. The number of anilines is 1. The molecular weight excluding hydrogens is 301 g/mol. The van der Waals surface area contributed by atoms with Gasteiger partial charge in [-0.25, -0.2) is 4.98 Å². The van der Waals surface area contributed by atoms with Crippen molar-refractivity contribution in [1.29, 1.82) is 0 Å². The zero-order valence-corrected chi connectivity index (χ0v) is 11.1. The molecule has 1 aliphatic heterocycles. The highest BCUT2D eigenvalue weighted by molar-refractivity contribution is 6.00. The molecule has 0 saturated carbocycles. The molecule has 1 aromatic heterocycles. The molecule has 3 rings (SSSR count). The fourth-order valence-corrected chi connectivity index (χ4v) is 2.55. The zero-order valence-electron chi connectivity index (χ0n) is 11.1. The van der Waals surface area contributed by atoms with Crippen molar-refractivity contribution in [3.05, 3.63) is 24.0 Å². The van der Waals surface area contributed by atoms with Gasteiger partial charge in [-0.2, -0.15) is 13.2 Å². The summed E-state index contributed by atoms with van der Waals surface area (Å²) in [7, 11) is 0. The van der Waals surface area contributed by atoms with Crippen molar-refractivity contribution in [2.24, 2.45) is 0 Å². The maximum Gasteiger partial charge on any atom is 0.449 e. The van der Waals surface area contributed by atoms with Crippen molar-refractivity contribution in [3.8, 4) is 0 Å². The van der Waals surface area contributed by atoms with Crippen LogP contribution in [-0.2, 0) is 15.8 Å². The highest BCUT2D eigenvalue weighted by Gasteiger charge is 2.41. The van der Waals surface area contributed by atoms with Gasteiger partial charge in [0.25, 0.3) is 0 Å². The molecule has 1 unspecified atom stereocenters. The fraction of sp³-hybridized carbons (Fsp3) is 0.308. The van der Waals surface area contributed by atoms with Crippen molar-refractivity contribution in [2.75, 3.05) is 5.73 Å². The molecule has 1 atom stereocenters. The Bertz CT molecular complexity index is 781. The first-order chi connectivity index (χ1) is 10.3. The standard InChI is InChI=1S/C13H11F3N4O2/c14-13(15,16)12-18-7-2-1-6(17)5-9(7)20(12)8-3-4-10(21)19-11(8)22/h1-2,5,8H,3-4,17H2,(H,19,21,22). The largest absolute Gasteiger partial charge is 0.449 e. The number of amides is 2. The quantitative estimate of drug-likeness (QED) is 0.618. The van der Waals surface area contributed by atoms with Crippen LogP contribution < -0.4 is 11.1 Å². The summed E-state index contributed by atoms with van der Waals surface area (Å²) in [5, 5.41) is 2.05. The highest BCUT2D eigenvalue weighted by Crippen LogP contribution is 2.36. The summed E-state index contributed by atoms with van der Waals surface area (Å²) in [5.74, 6) is -2.45. The predicted molar refractivity (Wildman–Crippen MR) is 70.6 cm³/mol. The van der Waals surface area contributed by atoms with Crippen molar-refractivity contribution >= 4 is 28.5 Å². The second kappa shape index (κ2) is 4.72. The van der Waals surface area contributed by atoms with E-state index in [1.54, 1.807) is 0 Å². The van der Waals surface area contributed by atoms with Gasteiger partial charge in [0.1, 0.15) is 6.04 Å². The lowest BCUT2D eigenvalue weighted by Crippen LogP contribution is -2.42. The third-order valence-electron chi connectivity index (χ3n) is 3.49. The van der Waals surface area contributed by atoms with Crippen molar-refractivity contribution in [1.82, 2.24) is 14.9 Å². The van der Waals surface area contributed by atoms with E-state index in [4.69, 9.17) is 5.73 Å². The van der Waals surface area contributed by atoms with Gasteiger partial charge in [0, 0.05) is 12.1 Å². The SMILES string of the molecule is Nc1ccc2nc(C(F)(F)F)n(C3CCC(=O)NC3=O)c2c1. The minimum absolute atomic E-state index is 0.0198. The number of benzene rings is 1. The number of fused-ring (bicyclic) bond motifs is 1. The van der Waals surface area contributed by atoms with E-state index < -0.39 is 29.9 Å². The first kappa shape index (κ1) is 14.4. The molecule has 6 nitrogen and oxygen atoms in total. The molecule has 0 bridgehead atoms. The summed E-state index contributed by atoms with van der Waals surface area (Å²) in [6, 6.07) is 2.98. The summed E-state index contributed by atoms with van der Waals surface area (Å²) in [6.07, 6.45) is -4.78. The Hall–Kier alpha value is -2.58. The number of nitrogens with one attached hydrogen (secondary N) is 1. The van der Waals surface area contributed by atoms with Crippen LogP contribution >= 0.6 is 0 Å².